The molecule has 0 radical (unpaired) electrons. The number of carbonyl (C=O) groups is 1. The average Bonchev–Trinajstić information content (AvgIpc) is 2.40. The highest BCUT2D eigenvalue weighted by Crippen LogP contribution is 2.35. The first kappa shape index (κ1) is 17.1. The molecule has 1 aromatic heterocycles. The van der Waals surface area contributed by atoms with E-state index in [9.17, 15) is 14.3 Å². The smallest absolute Gasteiger partial charge is 0.410 e. The number of amides is 1. The molecule has 2 heterocycles. The van der Waals surface area contributed by atoms with Crippen LogP contribution >= 0.6 is 15.9 Å². The summed E-state index contributed by atoms with van der Waals surface area (Å²) in [6.07, 6.45) is 1.17. The van der Waals surface area contributed by atoms with Crippen LogP contribution in [0.15, 0.2) is 16.9 Å². The Bertz CT molecular complexity index is 566. The van der Waals surface area contributed by atoms with Crippen LogP contribution in [0.2, 0.25) is 0 Å². The predicted molar refractivity (Wildman–Crippen MR) is 82.8 cm³/mol. The molecule has 1 N–H and O–H groups in total. The summed E-state index contributed by atoms with van der Waals surface area (Å²) in [4.78, 5) is 17.3. The van der Waals surface area contributed by atoms with E-state index in [2.05, 4.69) is 20.9 Å². The summed E-state index contributed by atoms with van der Waals surface area (Å²) < 4.78 is 19.7. The van der Waals surface area contributed by atoms with Gasteiger partial charge >= 0.3 is 6.09 Å². The van der Waals surface area contributed by atoms with Gasteiger partial charge in [0, 0.05) is 18.7 Å². The van der Waals surface area contributed by atoms with Crippen molar-refractivity contribution in [3.63, 3.8) is 0 Å². The molecule has 5 nitrogen and oxygen atoms in total. The molecule has 1 aromatic rings. The maximum Gasteiger partial charge on any atom is 0.410 e. The number of piperidine rings is 1. The maximum absolute atomic E-state index is 13.9. The summed E-state index contributed by atoms with van der Waals surface area (Å²) in [6.45, 7) is 6.02. The molecule has 22 heavy (non-hydrogen) atoms. The molecule has 1 aliphatic rings. The fourth-order valence-corrected chi connectivity index (χ4v) is 2.76. The van der Waals surface area contributed by atoms with E-state index in [1.54, 1.807) is 20.8 Å². The Labute approximate surface area is 137 Å². The lowest BCUT2D eigenvalue weighted by atomic mass is 9.85. The second-order valence-electron chi connectivity index (χ2n) is 6.49. The van der Waals surface area contributed by atoms with E-state index in [4.69, 9.17) is 4.74 Å². The summed E-state index contributed by atoms with van der Waals surface area (Å²) in [7, 11) is 0. The molecule has 0 unspecified atom stereocenters. The fraction of sp³-hybridized carbons (Fsp3) is 0.600. The largest absolute Gasteiger partial charge is 0.444 e. The van der Waals surface area contributed by atoms with Crippen LogP contribution in [-0.2, 0) is 10.3 Å². The lowest BCUT2D eigenvalue weighted by Crippen LogP contribution is -2.47. The zero-order chi connectivity index (χ0) is 16.5. The number of hydrogen-bond donors (Lipinski definition) is 1. The third kappa shape index (κ3) is 3.95. The molecule has 1 aliphatic heterocycles. The molecule has 0 saturated carbocycles. The van der Waals surface area contributed by atoms with Gasteiger partial charge in [-0.2, -0.15) is 0 Å². The molecule has 0 aromatic carbocycles. The Morgan fingerprint density at radius 3 is 2.59 bits per heavy atom. The van der Waals surface area contributed by atoms with Crippen molar-refractivity contribution < 1.29 is 19.0 Å². The van der Waals surface area contributed by atoms with Crippen LogP contribution < -0.4 is 0 Å². The van der Waals surface area contributed by atoms with Crippen LogP contribution in [0.5, 0.6) is 0 Å². The number of nitrogens with zero attached hydrogens (tertiary/aromatic N) is 2. The summed E-state index contributed by atoms with van der Waals surface area (Å²) in [5, 5.41) is 10.7. The van der Waals surface area contributed by atoms with Gasteiger partial charge in [-0.15, -0.1) is 0 Å². The lowest BCUT2D eigenvalue weighted by Gasteiger charge is -2.38. The number of rotatable bonds is 1. The molecule has 0 spiro atoms. The fourth-order valence-electron chi connectivity index (χ4n) is 2.42. The Morgan fingerprint density at radius 1 is 1.45 bits per heavy atom. The van der Waals surface area contributed by atoms with E-state index in [0.717, 1.165) is 6.20 Å². The van der Waals surface area contributed by atoms with E-state index in [0.29, 0.717) is 17.7 Å². The molecule has 1 amide bonds. The van der Waals surface area contributed by atoms with Crippen LogP contribution in [0.25, 0.3) is 0 Å². The van der Waals surface area contributed by atoms with Gasteiger partial charge in [0.25, 0.3) is 0 Å². The van der Waals surface area contributed by atoms with Crippen LogP contribution in [0.1, 0.15) is 39.2 Å². The minimum absolute atomic E-state index is 0.207. The van der Waals surface area contributed by atoms with Gasteiger partial charge < -0.3 is 14.7 Å². The molecule has 0 aliphatic carbocycles. The van der Waals surface area contributed by atoms with Crippen molar-refractivity contribution in [2.24, 2.45) is 0 Å². The second kappa shape index (κ2) is 6.12. The zero-order valence-electron chi connectivity index (χ0n) is 12.9. The van der Waals surface area contributed by atoms with E-state index < -0.39 is 23.1 Å². The number of ether oxygens (including phenoxy) is 1. The second-order valence-corrected chi connectivity index (χ2v) is 7.30. The van der Waals surface area contributed by atoms with Crippen LogP contribution in [0, 0.1) is 5.82 Å². The van der Waals surface area contributed by atoms with E-state index in [-0.39, 0.29) is 18.4 Å². The summed E-state index contributed by atoms with van der Waals surface area (Å²) in [6, 6.07) is 1.48. The summed E-state index contributed by atoms with van der Waals surface area (Å²) in [5.74, 6) is -0.545. The number of hydrogen-bond acceptors (Lipinski definition) is 4. The van der Waals surface area contributed by atoms with E-state index in [1.807, 2.05) is 0 Å². The number of aliphatic hydroxyl groups is 1. The SMILES string of the molecule is CC(C)(C)OC(=O)N1CCC(O)(c2cc(Br)ncc2F)CC1. The van der Waals surface area contributed by atoms with E-state index >= 15 is 0 Å². The van der Waals surface area contributed by atoms with Crippen molar-refractivity contribution in [3.8, 4) is 0 Å². The zero-order valence-corrected chi connectivity index (χ0v) is 14.5. The number of carbonyl (C=O) groups excluding carboxylic acids is 1. The molecule has 2 rings (SSSR count). The van der Waals surface area contributed by atoms with E-state index in [1.165, 1.54) is 11.0 Å². The molecule has 1 saturated heterocycles. The first-order valence-electron chi connectivity index (χ1n) is 7.12. The van der Waals surface area contributed by atoms with Gasteiger partial charge in [0.2, 0.25) is 0 Å². The minimum Gasteiger partial charge on any atom is -0.444 e. The third-order valence-electron chi connectivity index (χ3n) is 3.57. The van der Waals surface area contributed by atoms with Gasteiger partial charge in [0.15, 0.2) is 0 Å². The van der Waals surface area contributed by atoms with Gasteiger partial charge in [-0.3, -0.25) is 0 Å². The molecular weight excluding hydrogens is 355 g/mol. The Kier molecular flexibility index (Phi) is 4.77. The maximum atomic E-state index is 13.9. The Balaban J connectivity index is 2.07. The molecule has 0 bridgehead atoms. The Hall–Kier alpha value is -1.21. The van der Waals surface area contributed by atoms with Crippen molar-refractivity contribution in [2.45, 2.75) is 44.8 Å². The number of halogens is 2. The first-order chi connectivity index (χ1) is 10.1. The Morgan fingerprint density at radius 2 is 2.05 bits per heavy atom. The standard InChI is InChI=1S/C15H20BrFN2O3/c1-14(2,3)22-13(20)19-6-4-15(21,5-7-19)10-8-12(16)18-9-11(10)17/h8-9,21H,4-7H2,1-3H3. The topological polar surface area (TPSA) is 62.7 Å². The van der Waals surface area contributed by atoms with Crippen LogP contribution in [0.3, 0.4) is 0 Å². The van der Waals surface area contributed by atoms with Crippen molar-refractivity contribution in [1.82, 2.24) is 9.88 Å². The van der Waals surface area contributed by atoms with Crippen molar-refractivity contribution in [2.75, 3.05) is 13.1 Å². The highest BCUT2D eigenvalue weighted by molar-refractivity contribution is 9.10. The van der Waals surface area contributed by atoms with Crippen LogP contribution in [-0.4, -0.2) is 39.8 Å². The quantitative estimate of drug-likeness (QED) is 0.766. The van der Waals surface area contributed by atoms with Gasteiger partial charge in [-0.1, -0.05) is 0 Å². The molecular formula is C15H20BrFN2O3. The van der Waals surface area contributed by atoms with Crippen LogP contribution in [0.4, 0.5) is 9.18 Å². The molecule has 122 valence electrons. The van der Waals surface area contributed by atoms with Gasteiger partial charge in [0.05, 0.1) is 11.8 Å². The predicted octanol–water partition coefficient (Wildman–Crippen LogP) is 3.20. The summed E-state index contributed by atoms with van der Waals surface area (Å²) in [5.41, 5.74) is -1.65. The highest BCUT2D eigenvalue weighted by Gasteiger charge is 2.38. The average molecular weight is 375 g/mol. The number of pyridine rings is 1. The molecule has 0 atom stereocenters. The van der Waals surface area contributed by atoms with Gasteiger partial charge in [0.1, 0.15) is 16.0 Å². The monoisotopic (exact) mass is 374 g/mol. The molecule has 1 fully saturated rings. The lowest BCUT2D eigenvalue weighted by molar-refractivity contribution is -0.0375. The normalized spacial score (nSPS) is 18.2. The number of likely N-dealkylation sites (tertiary alicyclic amines) is 1. The third-order valence-corrected chi connectivity index (χ3v) is 4.00. The minimum atomic E-state index is -1.30. The first-order valence-corrected chi connectivity index (χ1v) is 7.92. The van der Waals surface area contributed by atoms with Crippen molar-refractivity contribution >= 4 is 22.0 Å². The highest BCUT2D eigenvalue weighted by atomic mass is 79.9. The summed E-state index contributed by atoms with van der Waals surface area (Å²) >= 11 is 3.18. The molecule has 7 heteroatoms. The van der Waals surface area contributed by atoms with Gasteiger partial charge in [-0.05, 0) is 55.6 Å². The number of aromatic nitrogens is 1. The van der Waals surface area contributed by atoms with Crippen molar-refractivity contribution in [3.05, 3.63) is 28.2 Å². The van der Waals surface area contributed by atoms with Gasteiger partial charge in [-0.25, -0.2) is 14.2 Å². The van der Waals surface area contributed by atoms with Crippen molar-refractivity contribution in [1.29, 1.82) is 0 Å².